The molecule has 6 heteroatoms. The number of amides is 1. The predicted octanol–water partition coefficient (Wildman–Crippen LogP) is 5.48. The number of phenolic OH excluding ortho intramolecular Hbond substituents is 1. The monoisotopic (exact) mass is 477 g/mol. The maximum atomic E-state index is 13.2. The number of anilines is 2. The van der Waals surface area contributed by atoms with Crippen LogP contribution in [0.15, 0.2) is 36.4 Å². The number of phenols is 1. The van der Waals surface area contributed by atoms with E-state index in [9.17, 15) is 9.90 Å². The van der Waals surface area contributed by atoms with E-state index < -0.39 is 0 Å². The number of hydrogen-bond acceptors (Lipinski definition) is 5. The quantitative estimate of drug-likeness (QED) is 0.611. The Bertz CT molecular complexity index is 1070. The zero-order valence-corrected chi connectivity index (χ0v) is 21.5. The van der Waals surface area contributed by atoms with Gasteiger partial charge in [0.1, 0.15) is 17.1 Å². The van der Waals surface area contributed by atoms with Gasteiger partial charge in [0.2, 0.25) is 0 Å². The summed E-state index contributed by atoms with van der Waals surface area (Å²) in [4.78, 5) is 18.0. The van der Waals surface area contributed by atoms with Crippen molar-refractivity contribution in [1.82, 2.24) is 4.90 Å². The minimum Gasteiger partial charge on any atom is -0.507 e. The minimum atomic E-state index is -0.292. The summed E-state index contributed by atoms with van der Waals surface area (Å²) < 4.78 is 6.34. The van der Waals surface area contributed by atoms with Crippen molar-refractivity contribution in [2.45, 2.75) is 58.5 Å². The van der Waals surface area contributed by atoms with Crippen molar-refractivity contribution in [3.63, 3.8) is 0 Å². The van der Waals surface area contributed by atoms with E-state index in [4.69, 9.17) is 4.74 Å². The third kappa shape index (κ3) is 4.61. The second kappa shape index (κ2) is 9.38. The van der Waals surface area contributed by atoms with E-state index >= 15 is 0 Å². The van der Waals surface area contributed by atoms with E-state index in [1.165, 1.54) is 12.1 Å². The molecule has 2 aromatic carbocycles. The lowest BCUT2D eigenvalue weighted by Crippen LogP contribution is -2.46. The van der Waals surface area contributed by atoms with Gasteiger partial charge in [0.05, 0.1) is 5.56 Å². The predicted molar refractivity (Wildman–Crippen MR) is 141 cm³/mol. The average molecular weight is 478 g/mol. The smallest absolute Gasteiger partial charge is 0.259 e. The van der Waals surface area contributed by atoms with Crippen LogP contribution < -0.4 is 15.0 Å². The van der Waals surface area contributed by atoms with Crippen molar-refractivity contribution in [2.75, 3.05) is 42.9 Å². The molecule has 1 amide bonds. The fourth-order valence-electron chi connectivity index (χ4n) is 6.39. The number of fused-ring (bicyclic) bond motifs is 3. The summed E-state index contributed by atoms with van der Waals surface area (Å²) in [5, 5.41) is 14.3. The molecule has 2 N–H and O–H groups in total. The van der Waals surface area contributed by atoms with Crippen LogP contribution in [-0.2, 0) is 0 Å². The highest BCUT2D eigenvalue weighted by Gasteiger charge is 2.47. The van der Waals surface area contributed by atoms with Crippen LogP contribution in [0.25, 0.3) is 0 Å². The van der Waals surface area contributed by atoms with E-state index in [2.05, 4.69) is 54.9 Å². The topological polar surface area (TPSA) is 65.0 Å². The SMILES string of the molecule is CCN1CCN(c2ccc(NC(=O)c3ccc4c(c3O)[C@@H]3C[C@H](C)CC[C@H]3C(C)(C)O4)cc2)CC1. The van der Waals surface area contributed by atoms with Crippen LogP contribution in [0.3, 0.4) is 0 Å². The molecule has 0 aromatic heterocycles. The van der Waals surface area contributed by atoms with Gasteiger partial charge in [-0.1, -0.05) is 20.3 Å². The van der Waals surface area contributed by atoms with E-state index in [-0.39, 0.29) is 23.2 Å². The first-order valence-electron chi connectivity index (χ1n) is 13.2. The standard InChI is InChI=1S/C29H39N3O3/c1-5-31-14-16-32(17-15-31)21-9-7-20(8-10-21)30-28(34)22-11-13-25-26(27(22)33)23-18-19(2)6-12-24(23)29(3,4)35-25/h7-11,13,19,23-24,33H,5-6,12,14-18H2,1-4H3,(H,30,34)/t19-,23-,24-/m1/s1. The van der Waals surface area contributed by atoms with Gasteiger partial charge in [0, 0.05) is 49.0 Å². The van der Waals surface area contributed by atoms with Crippen molar-refractivity contribution in [1.29, 1.82) is 0 Å². The molecular weight excluding hydrogens is 438 g/mol. The van der Waals surface area contributed by atoms with Gasteiger partial charge < -0.3 is 25.0 Å². The Labute approximate surface area is 209 Å². The number of rotatable bonds is 4. The molecule has 1 aliphatic carbocycles. The molecule has 0 spiro atoms. The molecule has 0 unspecified atom stereocenters. The van der Waals surface area contributed by atoms with Crippen LogP contribution in [0.2, 0.25) is 0 Å². The molecule has 3 aliphatic rings. The van der Waals surface area contributed by atoms with Gasteiger partial charge >= 0.3 is 0 Å². The number of nitrogens with zero attached hydrogens (tertiary/aromatic N) is 2. The third-order valence-corrected chi connectivity index (χ3v) is 8.48. The van der Waals surface area contributed by atoms with Crippen LogP contribution in [-0.4, -0.2) is 54.2 Å². The second-order valence-electron chi connectivity index (χ2n) is 11.1. The number of piperazine rings is 1. The molecule has 1 saturated heterocycles. The summed E-state index contributed by atoms with van der Waals surface area (Å²) in [6, 6.07) is 11.6. The van der Waals surface area contributed by atoms with Crippen molar-refractivity contribution in [3.05, 3.63) is 47.5 Å². The number of benzene rings is 2. The van der Waals surface area contributed by atoms with E-state index in [0.717, 1.165) is 56.8 Å². The molecule has 188 valence electrons. The van der Waals surface area contributed by atoms with Gasteiger partial charge in [0.25, 0.3) is 5.91 Å². The van der Waals surface area contributed by atoms with E-state index in [1.54, 1.807) is 6.07 Å². The molecule has 6 nitrogen and oxygen atoms in total. The number of likely N-dealkylation sites (N-methyl/N-ethyl adjacent to an activating group) is 1. The number of ether oxygens (including phenoxy) is 1. The molecule has 2 aromatic rings. The van der Waals surface area contributed by atoms with Crippen molar-refractivity contribution in [2.24, 2.45) is 11.8 Å². The summed E-state index contributed by atoms with van der Waals surface area (Å²) in [7, 11) is 0. The van der Waals surface area contributed by atoms with Gasteiger partial charge in [-0.2, -0.15) is 0 Å². The Morgan fingerprint density at radius 3 is 2.49 bits per heavy atom. The second-order valence-corrected chi connectivity index (χ2v) is 11.1. The number of carbonyl (C=O) groups is 1. The summed E-state index contributed by atoms with van der Waals surface area (Å²) >= 11 is 0. The van der Waals surface area contributed by atoms with Crippen LogP contribution in [0.5, 0.6) is 11.5 Å². The van der Waals surface area contributed by atoms with Gasteiger partial charge in [-0.3, -0.25) is 4.79 Å². The Morgan fingerprint density at radius 1 is 1.09 bits per heavy atom. The fraction of sp³-hybridized carbons (Fsp3) is 0.552. The van der Waals surface area contributed by atoms with Crippen LogP contribution in [0.1, 0.15) is 68.8 Å². The number of nitrogens with one attached hydrogen (secondary N) is 1. The summed E-state index contributed by atoms with van der Waals surface area (Å²) in [6.45, 7) is 14.1. The maximum absolute atomic E-state index is 13.2. The maximum Gasteiger partial charge on any atom is 0.259 e. The molecule has 3 atom stereocenters. The molecule has 2 heterocycles. The lowest BCUT2D eigenvalue weighted by molar-refractivity contribution is -0.0145. The first kappa shape index (κ1) is 24.0. The van der Waals surface area contributed by atoms with Crippen molar-refractivity contribution >= 4 is 17.3 Å². The Hall–Kier alpha value is -2.73. The molecular formula is C29H39N3O3. The zero-order chi connectivity index (χ0) is 24.7. The van der Waals surface area contributed by atoms with E-state index in [0.29, 0.717) is 23.1 Å². The summed E-state index contributed by atoms with van der Waals surface area (Å²) in [6.07, 6.45) is 3.26. The largest absolute Gasteiger partial charge is 0.507 e. The first-order valence-corrected chi connectivity index (χ1v) is 13.2. The summed E-state index contributed by atoms with van der Waals surface area (Å²) in [5.41, 5.74) is 2.75. The van der Waals surface area contributed by atoms with E-state index in [1.807, 2.05) is 18.2 Å². The van der Waals surface area contributed by atoms with Crippen LogP contribution >= 0.6 is 0 Å². The van der Waals surface area contributed by atoms with Gasteiger partial charge in [0.15, 0.2) is 0 Å². The van der Waals surface area contributed by atoms with Crippen molar-refractivity contribution in [3.8, 4) is 11.5 Å². The molecule has 1 saturated carbocycles. The third-order valence-electron chi connectivity index (χ3n) is 8.48. The molecule has 0 bridgehead atoms. The average Bonchev–Trinajstić information content (AvgIpc) is 2.84. The lowest BCUT2D eigenvalue weighted by Gasteiger charge is -2.48. The fourth-order valence-corrected chi connectivity index (χ4v) is 6.39. The molecule has 0 radical (unpaired) electrons. The Morgan fingerprint density at radius 2 is 1.80 bits per heavy atom. The van der Waals surface area contributed by atoms with Gasteiger partial charge in [-0.05, 0) is 81.5 Å². The Balaban J connectivity index is 1.33. The van der Waals surface area contributed by atoms with Crippen molar-refractivity contribution < 1.29 is 14.6 Å². The summed E-state index contributed by atoms with van der Waals surface area (Å²) in [5.74, 6) is 1.63. The van der Waals surface area contributed by atoms with Gasteiger partial charge in [-0.25, -0.2) is 0 Å². The first-order chi connectivity index (χ1) is 16.8. The Kier molecular flexibility index (Phi) is 6.43. The number of hydrogen-bond donors (Lipinski definition) is 2. The minimum absolute atomic E-state index is 0.0741. The lowest BCUT2D eigenvalue weighted by atomic mass is 9.64. The highest BCUT2D eigenvalue weighted by Crippen LogP contribution is 2.55. The zero-order valence-electron chi connectivity index (χ0n) is 21.5. The van der Waals surface area contributed by atoms with Gasteiger partial charge in [-0.15, -0.1) is 0 Å². The van der Waals surface area contributed by atoms with Crippen LogP contribution in [0, 0.1) is 11.8 Å². The molecule has 35 heavy (non-hydrogen) atoms. The molecule has 2 aliphatic heterocycles. The number of aromatic hydroxyl groups is 1. The highest BCUT2D eigenvalue weighted by atomic mass is 16.5. The van der Waals surface area contributed by atoms with Crippen LogP contribution in [0.4, 0.5) is 11.4 Å². The molecule has 5 rings (SSSR count). The molecule has 2 fully saturated rings. The highest BCUT2D eigenvalue weighted by molar-refractivity contribution is 6.06. The number of carbonyl (C=O) groups excluding carboxylic acids is 1. The normalized spacial score (nSPS) is 25.8.